The molecule has 0 bridgehead atoms. The molecule has 1 heterocycles. The van der Waals surface area contributed by atoms with Gasteiger partial charge in [-0.2, -0.15) is 15.4 Å². The van der Waals surface area contributed by atoms with E-state index in [-0.39, 0.29) is 5.91 Å². The fraction of sp³-hybridized carbons (Fsp3) is 0.727. The molecular formula is C11H18N4O. The summed E-state index contributed by atoms with van der Waals surface area (Å²) in [4.78, 5) is 11.8. The SMILES string of the molecule is CCC1CCCCC1NC(=O)c1cn[nH]n1. The third-order valence-corrected chi connectivity index (χ3v) is 3.40. The first-order chi connectivity index (χ1) is 7.81. The van der Waals surface area contributed by atoms with Gasteiger partial charge in [0.05, 0.1) is 6.20 Å². The average molecular weight is 222 g/mol. The zero-order chi connectivity index (χ0) is 11.4. The van der Waals surface area contributed by atoms with Crippen LogP contribution in [0, 0.1) is 5.92 Å². The molecule has 0 aliphatic heterocycles. The van der Waals surface area contributed by atoms with Crippen LogP contribution in [0.3, 0.4) is 0 Å². The van der Waals surface area contributed by atoms with E-state index < -0.39 is 0 Å². The van der Waals surface area contributed by atoms with Crippen molar-refractivity contribution in [2.24, 2.45) is 5.92 Å². The monoisotopic (exact) mass is 222 g/mol. The third-order valence-electron chi connectivity index (χ3n) is 3.40. The van der Waals surface area contributed by atoms with Gasteiger partial charge in [-0.05, 0) is 18.8 Å². The quantitative estimate of drug-likeness (QED) is 0.814. The van der Waals surface area contributed by atoms with Crippen LogP contribution in [0.5, 0.6) is 0 Å². The van der Waals surface area contributed by atoms with E-state index in [9.17, 15) is 4.79 Å². The number of amides is 1. The van der Waals surface area contributed by atoms with E-state index in [0.717, 1.165) is 12.8 Å². The minimum Gasteiger partial charge on any atom is -0.348 e. The smallest absolute Gasteiger partial charge is 0.273 e. The lowest BCUT2D eigenvalue weighted by atomic mass is 9.83. The van der Waals surface area contributed by atoms with E-state index in [0.29, 0.717) is 17.7 Å². The Hall–Kier alpha value is -1.39. The lowest BCUT2D eigenvalue weighted by Crippen LogP contribution is -2.42. The van der Waals surface area contributed by atoms with Gasteiger partial charge in [0.15, 0.2) is 5.69 Å². The Labute approximate surface area is 95.0 Å². The minimum atomic E-state index is -0.112. The molecule has 2 rings (SSSR count). The molecular weight excluding hydrogens is 204 g/mol. The predicted molar refractivity (Wildman–Crippen MR) is 59.9 cm³/mol. The Morgan fingerprint density at radius 3 is 3.06 bits per heavy atom. The molecule has 5 heteroatoms. The summed E-state index contributed by atoms with van der Waals surface area (Å²) < 4.78 is 0. The molecule has 1 aliphatic rings. The zero-order valence-electron chi connectivity index (χ0n) is 9.57. The van der Waals surface area contributed by atoms with Crippen molar-refractivity contribution in [2.75, 3.05) is 0 Å². The van der Waals surface area contributed by atoms with Gasteiger partial charge >= 0.3 is 0 Å². The summed E-state index contributed by atoms with van der Waals surface area (Å²) in [5.41, 5.74) is 0.375. The number of nitrogens with zero attached hydrogens (tertiary/aromatic N) is 2. The number of carbonyl (C=O) groups is 1. The molecule has 1 aliphatic carbocycles. The third kappa shape index (κ3) is 2.40. The Kier molecular flexibility index (Phi) is 3.54. The highest BCUT2D eigenvalue weighted by molar-refractivity contribution is 5.92. The molecule has 1 fully saturated rings. The van der Waals surface area contributed by atoms with Gasteiger partial charge in [0.1, 0.15) is 0 Å². The Morgan fingerprint density at radius 1 is 1.56 bits per heavy atom. The van der Waals surface area contributed by atoms with Crippen molar-refractivity contribution in [3.63, 3.8) is 0 Å². The lowest BCUT2D eigenvalue weighted by molar-refractivity contribution is 0.0899. The first-order valence-corrected chi connectivity index (χ1v) is 5.98. The number of nitrogens with one attached hydrogen (secondary N) is 2. The maximum absolute atomic E-state index is 11.8. The predicted octanol–water partition coefficient (Wildman–Crippen LogP) is 1.50. The molecule has 16 heavy (non-hydrogen) atoms. The van der Waals surface area contributed by atoms with E-state index in [1.807, 2.05) is 0 Å². The molecule has 2 N–H and O–H groups in total. The number of hydrogen-bond acceptors (Lipinski definition) is 3. The highest BCUT2D eigenvalue weighted by atomic mass is 16.2. The number of H-pyrrole nitrogens is 1. The lowest BCUT2D eigenvalue weighted by Gasteiger charge is -2.31. The van der Waals surface area contributed by atoms with E-state index in [1.165, 1.54) is 25.5 Å². The second kappa shape index (κ2) is 5.09. The van der Waals surface area contributed by atoms with E-state index in [4.69, 9.17) is 0 Å². The fourth-order valence-electron chi connectivity index (χ4n) is 2.44. The van der Waals surface area contributed by atoms with Gasteiger partial charge < -0.3 is 5.32 Å². The Balaban J connectivity index is 1.95. The van der Waals surface area contributed by atoms with Crippen molar-refractivity contribution in [2.45, 2.75) is 45.1 Å². The van der Waals surface area contributed by atoms with Gasteiger partial charge in [-0.15, -0.1) is 0 Å². The van der Waals surface area contributed by atoms with Crippen LogP contribution in [0.15, 0.2) is 6.20 Å². The minimum absolute atomic E-state index is 0.112. The van der Waals surface area contributed by atoms with Crippen LogP contribution in [0.4, 0.5) is 0 Å². The van der Waals surface area contributed by atoms with E-state index in [2.05, 4.69) is 27.7 Å². The molecule has 2 atom stereocenters. The zero-order valence-corrected chi connectivity index (χ0v) is 9.57. The summed E-state index contributed by atoms with van der Waals surface area (Å²) in [7, 11) is 0. The standard InChI is InChI=1S/C11H18N4O/c1-2-8-5-3-4-6-9(8)13-11(16)10-7-12-15-14-10/h7-9H,2-6H2,1H3,(H,13,16)(H,12,14,15). The number of carbonyl (C=O) groups excluding carboxylic acids is 1. The maximum atomic E-state index is 11.8. The summed E-state index contributed by atoms with van der Waals surface area (Å²) in [5.74, 6) is 0.503. The summed E-state index contributed by atoms with van der Waals surface area (Å²) in [6.45, 7) is 2.19. The van der Waals surface area contributed by atoms with Crippen LogP contribution in [-0.2, 0) is 0 Å². The van der Waals surface area contributed by atoms with Crippen LogP contribution in [-0.4, -0.2) is 27.4 Å². The Bertz CT molecular complexity index is 336. The molecule has 1 aromatic heterocycles. The van der Waals surface area contributed by atoms with Gasteiger partial charge in [-0.1, -0.05) is 26.2 Å². The van der Waals surface area contributed by atoms with Crippen LogP contribution >= 0.6 is 0 Å². The molecule has 1 aromatic rings. The van der Waals surface area contributed by atoms with Gasteiger partial charge in [-0.25, -0.2) is 0 Å². The van der Waals surface area contributed by atoms with Crippen molar-refractivity contribution in [3.05, 3.63) is 11.9 Å². The van der Waals surface area contributed by atoms with Crippen molar-refractivity contribution in [3.8, 4) is 0 Å². The molecule has 0 radical (unpaired) electrons. The molecule has 0 spiro atoms. The van der Waals surface area contributed by atoms with Crippen LogP contribution < -0.4 is 5.32 Å². The molecule has 1 amide bonds. The summed E-state index contributed by atoms with van der Waals surface area (Å²) in [6, 6.07) is 0.308. The molecule has 1 saturated carbocycles. The van der Waals surface area contributed by atoms with E-state index in [1.54, 1.807) is 0 Å². The highest BCUT2D eigenvalue weighted by Gasteiger charge is 2.25. The second-order valence-corrected chi connectivity index (χ2v) is 4.39. The molecule has 88 valence electrons. The van der Waals surface area contributed by atoms with Gasteiger partial charge in [0.25, 0.3) is 5.91 Å². The van der Waals surface area contributed by atoms with Crippen molar-refractivity contribution in [1.82, 2.24) is 20.7 Å². The normalized spacial score (nSPS) is 25.3. The van der Waals surface area contributed by atoms with E-state index >= 15 is 0 Å². The van der Waals surface area contributed by atoms with Crippen molar-refractivity contribution in [1.29, 1.82) is 0 Å². The summed E-state index contributed by atoms with van der Waals surface area (Å²) >= 11 is 0. The first kappa shape index (κ1) is 11.1. The number of aromatic nitrogens is 3. The van der Waals surface area contributed by atoms with Crippen LogP contribution in [0.1, 0.15) is 49.5 Å². The maximum Gasteiger partial charge on any atom is 0.273 e. The molecule has 5 nitrogen and oxygen atoms in total. The van der Waals surface area contributed by atoms with Crippen LogP contribution in [0.2, 0.25) is 0 Å². The van der Waals surface area contributed by atoms with Gasteiger partial charge in [0, 0.05) is 6.04 Å². The van der Waals surface area contributed by atoms with Gasteiger partial charge in [-0.3, -0.25) is 4.79 Å². The molecule has 0 saturated heterocycles. The van der Waals surface area contributed by atoms with Crippen molar-refractivity contribution < 1.29 is 4.79 Å². The second-order valence-electron chi connectivity index (χ2n) is 4.39. The topological polar surface area (TPSA) is 70.7 Å². The Morgan fingerprint density at radius 2 is 2.38 bits per heavy atom. The molecule has 2 unspecified atom stereocenters. The number of aromatic amines is 1. The van der Waals surface area contributed by atoms with Gasteiger partial charge in [0.2, 0.25) is 0 Å². The largest absolute Gasteiger partial charge is 0.348 e. The number of rotatable bonds is 3. The van der Waals surface area contributed by atoms with Crippen molar-refractivity contribution >= 4 is 5.91 Å². The fourth-order valence-corrected chi connectivity index (χ4v) is 2.44. The summed E-state index contributed by atoms with van der Waals surface area (Å²) in [5, 5.41) is 12.9. The van der Waals surface area contributed by atoms with Crippen LogP contribution in [0.25, 0.3) is 0 Å². The highest BCUT2D eigenvalue weighted by Crippen LogP contribution is 2.26. The summed E-state index contributed by atoms with van der Waals surface area (Å²) in [6.07, 6.45) is 7.39. The first-order valence-electron chi connectivity index (χ1n) is 5.98. The number of hydrogen-bond donors (Lipinski definition) is 2. The molecule has 0 aromatic carbocycles. The average Bonchev–Trinajstić information content (AvgIpc) is 2.83.